The van der Waals surface area contributed by atoms with E-state index in [0.29, 0.717) is 10.7 Å². The topological polar surface area (TPSA) is 18.5 Å². The van der Waals surface area contributed by atoms with Crippen LogP contribution >= 0.6 is 15.9 Å². The molecule has 0 aliphatic heterocycles. The molecule has 1 aliphatic rings. The van der Waals surface area contributed by atoms with Crippen LogP contribution < -0.4 is 4.74 Å². The van der Waals surface area contributed by atoms with Crippen molar-refractivity contribution in [2.24, 2.45) is 0 Å². The van der Waals surface area contributed by atoms with Gasteiger partial charge in [-0.25, -0.2) is 0 Å². The van der Waals surface area contributed by atoms with Gasteiger partial charge in [0.1, 0.15) is 18.0 Å². The second-order valence-electron chi connectivity index (χ2n) is 5.94. The fraction of sp³-hybridized carbons (Fsp3) is 0.647. The molecule has 1 aromatic rings. The molecule has 1 aliphatic carbocycles. The molecule has 3 unspecified atom stereocenters. The van der Waals surface area contributed by atoms with E-state index in [0.717, 1.165) is 25.2 Å². The molecule has 1 saturated carbocycles. The average molecular weight is 341 g/mol. The van der Waals surface area contributed by atoms with E-state index in [9.17, 15) is 0 Å². The van der Waals surface area contributed by atoms with Crippen molar-refractivity contribution in [1.82, 2.24) is 0 Å². The van der Waals surface area contributed by atoms with Crippen LogP contribution in [0.3, 0.4) is 0 Å². The van der Waals surface area contributed by atoms with E-state index in [-0.39, 0.29) is 12.2 Å². The monoisotopic (exact) mass is 340 g/mol. The highest BCUT2D eigenvalue weighted by Crippen LogP contribution is 2.37. The lowest BCUT2D eigenvalue weighted by molar-refractivity contribution is -0.0765. The van der Waals surface area contributed by atoms with E-state index in [1.807, 2.05) is 0 Å². The Morgan fingerprint density at radius 1 is 1.35 bits per heavy atom. The highest BCUT2D eigenvalue weighted by atomic mass is 79.9. The molecule has 0 N–H and O–H groups in total. The number of hydrogen-bond acceptors (Lipinski definition) is 2. The molecular formula is C17H25BrO2. The van der Waals surface area contributed by atoms with Gasteiger partial charge in [0.2, 0.25) is 0 Å². The summed E-state index contributed by atoms with van der Waals surface area (Å²) in [5, 5.41) is 0. The molecular weight excluding hydrogens is 316 g/mol. The van der Waals surface area contributed by atoms with Gasteiger partial charge in [0.25, 0.3) is 0 Å². The number of rotatable bonds is 6. The van der Waals surface area contributed by atoms with Gasteiger partial charge >= 0.3 is 0 Å². The predicted molar refractivity (Wildman–Crippen MR) is 87.0 cm³/mol. The maximum Gasteiger partial charge on any atom is 0.127 e. The lowest BCUT2D eigenvalue weighted by atomic mass is 9.91. The first-order valence-electron chi connectivity index (χ1n) is 7.55. The van der Waals surface area contributed by atoms with Crippen LogP contribution in [-0.2, 0) is 4.74 Å². The summed E-state index contributed by atoms with van der Waals surface area (Å²) in [5.41, 5.74) is 2.52. The maximum atomic E-state index is 6.25. The number of alkyl halides is 1. The van der Waals surface area contributed by atoms with Crippen molar-refractivity contribution in [3.63, 3.8) is 0 Å². The summed E-state index contributed by atoms with van der Waals surface area (Å²) in [5.74, 6) is 1.50. The van der Waals surface area contributed by atoms with Gasteiger partial charge < -0.3 is 9.47 Å². The molecule has 2 nitrogen and oxygen atoms in total. The average Bonchev–Trinajstić information content (AvgIpc) is 2.38. The van der Waals surface area contributed by atoms with Crippen LogP contribution in [0.15, 0.2) is 18.2 Å². The second kappa shape index (κ2) is 6.95. The molecule has 0 heterocycles. The number of benzene rings is 1. The third-order valence-corrected chi connectivity index (χ3v) is 4.66. The first kappa shape index (κ1) is 15.8. The van der Waals surface area contributed by atoms with Crippen LogP contribution in [0.1, 0.15) is 50.7 Å². The Morgan fingerprint density at radius 2 is 2.10 bits per heavy atom. The summed E-state index contributed by atoms with van der Waals surface area (Å²) in [6.07, 6.45) is 2.41. The van der Waals surface area contributed by atoms with E-state index in [2.05, 4.69) is 61.8 Å². The molecule has 0 spiro atoms. The van der Waals surface area contributed by atoms with Gasteiger partial charge in [0.05, 0.1) is 0 Å². The van der Waals surface area contributed by atoms with E-state index < -0.39 is 0 Å². The van der Waals surface area contributed by atoms with Gasteiger partial charge in [0.15, 0.2) is 0 Å². The largest absolute Gasteiger partial charge is 0.487 e. The first-order valence-corrected chi connectivity index (χ1v) is 8.47. The fourth-order valence-electron chi connectivity index (χ4n) is 2.49. The molecule has 1 aromatic carbocycles. The van der Waals surface area contributed by atoms with E-state index in [1.54, 1.807) is 0 Å². The molecule has 0 amide bonds. The standard InChI is InChI=1S/C17H25BrO2/c1-5-8-19-17-14(18)10-16(17)20-15-9-12(4)6-7-13(15)11(2)3/h6-7,9,11,14,16-17H,5,8,10H2,1-4H3. The van der Waals surface area contributed by atoms with Gasteiger partial charge in [-0.15, -0.1) is 0 Å². The highest BCUT2D eigenvalue weighted by Gasteiger charge is 2.42. The van der Waals surface area contributed by atoms with E-state index in [4.69, 9.17) is 9.47 Å². The third-order valence-electron chi connectivity index (χ3n) is 3.76. The molecule has 3 heteroatoms. The molecule has 2 rings (SSSR count). The Bertz CT molecular complexity index is 445. The molecule has 0 aromatic heterocycles. The highest BCUT2D eigenvalue weighted by molar-refractivity contribution is 9.09. The van der Waals surface area contributed by atoms with Crippen LogP contribution in [0.2, 0.25) is 0 Å². The third kappa shape index (κ3) is 3.56. The predicted octanol–water partition coefficient (Wildman–Crippen LogP) is 4.83. The van der Waals surface area contributed by atoms with Crippen LogP contribution in [0, 0.1) is 6.92 Å². The van der Waals surface area contributed by atoms with Crippen LogP contribution in [0.25, 0.3) is 0 Å². The molecule has 112 valence electrons. The van der Waals surface area contributed by atoms with Gasteiger partial charge in [-0.2, -0.15) is 0 Å². The molecule has 20 heavy (non-hydrogen) atoms. The van der Waals surface area contributed by atoms with Crippen molar-refractivity contribution >= 4 is 15.9 Å². The zero-order valence-electron chi connectivity index (χ0n) is 12.9. The van der Waals surface area contributed by atoms with Gasteiger partial charge in [0, 0.05) is 17.9 Å². The number of aryl methyl sites for hydroxylation is 1. The van der Waals surface area contributed by atoms with Crippen molar-refractivity contribution in [1.29, 1.82) is 0 Å². The Morgan fingerprint density at radius 3 is 2.70 bits per heavy atom. The Balaban J connectivity index is 2.08. The minimum atomic E-state index is 0.172. The quantitative estimate of drug-likeness (QED) is 0.690. The normalized spacial score (nSPS) is 25.6. The summed E-state index contributed by atoms with van der Waals surface area (Å²) >= 11 is 3.67. The van der Waals surface area contributed by atoms with Gasteiger partial charge in [-0.1, -0.05) is 48.8 Å². The molecule has 0 bridgehead atoms. The van der Waals surface area contributed by atoms with Crippen molar-refractivity contribution in [2.45, 2.75) is 63.5 Å². The summed E-state index contributed by atoms with van der Waals surface area (Å²) in [6, 6.07) is 6.48. The first-order chi connectivity index (χ1) is 9.52. The van der Waals surface area contributed by atoms with Crippen molar-refractivity contribution in [3.05, 3.63) is 29.3 Å². The molecule has 0 radical (unpaired) electrons. The second-order valence-corrected chi connectivity index (χ2v) is 7.12. The van der Waals surface area contributed by atoms with Crippen molar-refractivity contribution in [2.75, 3.05) is 6.61 Å². The fourth-order valence-corrected chi connectivity index (χ4v) is 3.35. The molecule has 1 fully saturated rings. The molecule has 0 saturated heterocycles. The number of hydrogen-bond donors (Lipinski definition) is 0. The van der Waals surface area contributed by atoms with Gasteiger partial charge in [-0.3, -0.25) is 0 Å². The minimum Gasteiger partial charge on any atom is -0.487 e. The summed E-state index contributed by atoms with van der Waals surface area (Å²) in [7, 11) is 0. The number of ether oxygens (including phenoxy) is 2. The van der Waals surface area contributed by atoms with Gasteiger partial charge in [-0.05, 0) is 36.5 Å². The van der Waals surface area contributed by atoms with E-state index in [1.165, 1.54) is 11.1 Å². The van der Waals surface area contributed by atoms with Crippen LogP contribution in [0.5, 0.6) is 5.75 Å². The maximum absolute atomic E-state index is 6.25. The summed E-state index contributed by atoms with van der Waals surface area (Å²) in [6.45, 7) is 9.45. The number of halogens is 1. The van der Waals surface area contributed by atoms with E-state index >= 15 is 0 Å². The van der Waals surface area contributed by atoms with Crippen molar-refractivity contribution < 1.29 is 9.47 Å². The SMILES string of the molecule is CCCOC1C(Br)CC1Oc1cc(C)ccc1C(C)C. The minimum absolute atomic E-state index is 0.172. The lowest BCUT2D eigenvalue weighted by Gasteiger charge is -2.41. The Kier molecular flexibility index (Phi) is 5.50. The smallest absolute Gasteiger partial charge is 0.127 e. The summed E-state index contributed by atoms with van der Waals surface area (Å²) < 4.78 is 12.1. The lowest BCUT2D eigenvalue weighted by Crippen LogP contribution is -2.52. The van der Waals surface area contributed by atoms with Crippen LogP contribution in [-0.4, -0.2) is 23.6 Å². The Labute approximate surface area is 131 Å². The zero-order chi connectivity index (χ0) is 14.7. The zero-order valence-corrected chi connectivity index (χ0v) is 14.4. The molecule has 3 atom stereocenters. The Hall–Kier alpha value is -0.540. The van der Waals surface area contributed by atoms with Crippen molar-refractivity contribution in [3.8, 4) is 5.75 Å². The summed E-state index contributed by atoms with van der Waals surface area (Å²) in [4.78, 5) is 0.423. The van der Waals surface area contributed by atoms with Crippen LogP contribution in [0.4, 0.5) is 0 Å².